The van der Waals surface area contributed by atoms with Gasteiger partial charge in [0.1, 0.15) is 5.82 Å². The highest BCUT2D eigenvalue weighted by Crippen LogP contribution is 2.29. The van der Waals surface area contributed by atoms with Gasteiger partial charge in [0.05, 0.1) is 34.6 Å². The average Bonchev–Trinajstić information content (AvgIpc) is 2.91. The van der Waals surface area contributed by atoms with Gasteiger partial charge in [0.25, 0.3) is 5.56 Å². The number of carbonyl (C=O) groups excluding carboxylic acids is 1. The van der Waals surface area contributed by atoms with E-state index in [4.69, 9.17) is 11.4 Å². The second-order valence-electron chi connectivity index (χ2n) is 8.95. The van der Waals surface area contributed by atoms with Gasteiger partial charge in [-0.15, -0.1) is 6.42 Å². The van der Waals surface area contributed by atoms with Crippen LogP contribution in [0.1, 0.15) is 48.8 Å². The van der Waals surface area contributed by atoms with Crippen LogP contribution in [0.3, 0.4) is 0 Å². The summed E-state index contributed by atoms with van der Waals surface area (Å²) in [6, 6.07) is 17.9. The van der Waals surface area contributed by atoms with Crippen LogP contribution in [0.4, 0.5) is 13.2 Å². The van der Waals surface area contributed by atoms with Gasteiger partial charge in [-0.2, -0.15) is 13.2 Å². The second kappa shape index (κ2) is 10.9. The van der Waals surface area contributed by atoms with E-state index in [1.54, 1.807) is 60.4 Å². The summed E-state index contributed by atoms with van der Waals surface area (Å²) in [4.78, 5) is 33.5. The molecule has 8 heteroatoms. The Bertz CT molecular complexity index is 1550. The molecule has 4 rings (SSSR count). The van der Waals surface area contributed by atoms with Crippen molar-refractivity contribution in [1.29, 1.82) is 0 Å². The number of fused-ring (bicyclic) bond motifs is 1. The van der Waals surface area contributed by atoms with E-state index < -0.39 is 17.8 Å². The van der Waals surface area contributed by atoms with Gasteiger partial charge in [-0.3, -0.25) is 14.2 Å². The number of aromatic nitrogens is 2. The lowest BCUT2D eigenvalue weighted by atomic mass is 10.1. The molecule has 3 aromatic carbocycles. The molecule has 1 atom stereocenters. The van der Waals surface area contributed by atoms with E-state index >= 15 is 0 Å². The molecule has 0 aliphatic rings. The zero-order valence-electron chi connectivity index (χ0n) is 21.0. The van der Waals surface area contributed by atoms with Crippen LogP contribution in [0.2, 0.25) is 0 Å². The third kappa shape index (κ3) is 5.47. The molecule has 0 radical (unpaired) electrons. The van der Waals surface area contributed by atoms with Crippen LogP contribution in [0.25, 0.3) is 16.6 Å². The Balaban J connectivity index is 1.76. The van der Waals surface area contributed by atoms with Gasteiger partial charge >= 0.3 is 6.18 Å². The molecular formula is C30H26F3N3O2. The number of hydrogen-bond acceptors (Lipinski definition) is 3. The maximum Gasteiger partial charge on any atom is 0.416 e. The number of halogens is 3. The fourth-order valence-electron chi connectivity index (χ4n) is 4.39. The molecule has 0 N–H and O–H groups in total. The van der Waals surface area contributed by atoms with E-state index in [1.807, 2.05) is 6.92 Å². The van der Waals surface area contributed by atoms with E-state index in [0.717, 1.165) is 12.1 Å². The molecule has 0 bridgehead atoms. The zero-order chi connectivity index (χ0) is 27.4. The molecule has 1 amide bonds. The van der Waals surface area contributed by atoms with Gasteiger partial charge in [0.2, 0.25) is 5.91 Å². The van der Waals surface area contributed by atoms with Crippen LogP contribution in [0.5, 0.6) is 0 Å². The van der Waals surface area contributed by atoms with Crippen LogP contribution in [0.15, 0.2) is 77.6 Å². The lowest BCUT2D eigenvalue weighted by Crippen LogP contribution is -2.38. The average molecular weight is 518 g/mol. The summed E-state index contributed by atoms with van der Waals surface area (Å²) in [5.74, 6) is 2.64. The van der Waals surface area contributed by atoms with Crippen molar-refractivity contribution >= 4 is 16.8 Å². The predicted octanol–water partition coefficient (Wildman–Crippen LogP) is 5.93. The molecule has 194 valence electrons. The van der Waals surface area contributed by atoms with E-state index in [9.17, 15) is 22.8 Å². The van der Waals surface area contributed by atoms with Crippen molar-refractivity contribution in [2.45, 2.75) is 38.9 Å². The predicted molar refractivity (Wildman–Crippen MR) is 141 cm³/mol. The molecule has 0 saturated heterocycles. The summed E-state index contributed by atoms with van der Waals surface area (Å²) in [6.45, 7) is 4.09. The van der Waals surface area contributed by atoms with E-state index in [-0.39, 0.29) is 17.9 Å². The first-order valence-electron chi connectivity index (χ1n) is 12.2. The third-order valence-electron chi connectivity index (χ3n) is 6.36. The van der Waals surface area contributed by atoms with Crippen molar-refractivity contribution in [3.05, 3.63) is 106 Å². The van der Waals surface area contributed by atoms with Gasteiger partial charge in [0, 0.05) is 12.1 Å². The van der Waals surface area contributed by atoms with E-state index in [0.29, 0.717) is 46.5 Å². The third-order valence-corrected chi connectivity index (χ3v) is 6.36. The first kappa shape index (κ1) is 26.7. The molecule has 0 unspecified atom stereocenters. The van der Waals surface area contributed by atoms with Crippen LogP contribution >= 0.6 is 0 Å². The minimum Gasteiger partial charge on any atom is -0.332 e. The first-order valence-corrected chi connectivity index (χ1v) is 12.2. The molecule has 0 saturated carbocycles. The Kier molecular flexibility index (Phi) is 7.67. The normalized spacial score (nSPS) is 12.2. The fraction of sp³-hybridized carbons (Fsp3) is 0.233. The summed E-state index contributed by atoms with van der Waals surface area (Å²) in [6.07, 6.45) is 1.59. The van der Waals surface area contributed by atoms with Gasteiger partial charge in [-0.1, -0.05) is 37.1 Å². The SMILES string of the molecule is C#Cc1ccc(-n2c([C@@H](C)N(CCC)C(=O)Cc3ccc(C(F)(F)F)cc3)nc3ccccc3c2=O)cc1. The fourth-order valence-corrected chi connectivity index (χ4v) is 4.39. The molecule has 1 heterocycles. The summed E-state index contributed by atoms with van der Waals surface area (Å²) in [7, 11) is 0. The van der Waals surface area contributed by atoms with E-state index in [1.165, 1.54) is 16.7 Å². The highest BCUT2D eigenvalue weighted by Gasteiger charge is 2.30. The van der Waals surface area contributed by atoms with Crippen LogP contribution in [-0.2, 0) is 17.4 Å². The summed E-state index contributed by atoms with van der Waals surface area (Å²) < 4.78 is 40.3. The largest absolute Gasteiger partial charge is 0.416 e. The van der Waals surface area contributed by atoms with E-state index in [2.05, 4.69) is 5.92 Å². The second-order valence-corrected chi connectivity index (χ2v) is 8.95. The smallest absolute Gasteiger partial charge is 0.332 e. The number of alkyl halides is 3. The minimum absolute atomic E-state index is 0.0862. The number of amides is 1. The van der Waals surface area contributed by atoms with Crippen molar-refractivity contribution in [2.24, 2.45) is 0 Å². The van der Waals surface area contributed by atoms with Gasteiger partial charge in [-0.25, -0.2) is 4.98 Å². The lowest BCUT2D eigenvalue weighted by Gasteiger charge is -2.30. The monoisotopic (exact) mass is 517 g/mol. The highest BCUT2D eigenvalue weighted by molar-refractivity contribution is 5.80. The first-order chi connectivity index (χ1) is 18.1. The summed E-state index contributed by atoms with van der Waals surface area (Å²) in [5.41, 5.74) is 1.13. The molecule has 0 spiro atoms. The van der Waals surface area contributed by atoms with Crippen molar-refractivity contribution in [3.8, 4) is 18.0 Å². The summed E-state index contributed by atoms with van der Waals surface area (Å²) in [5, 5.41) is 0.433. The van der Waals surface area contributed by atoms with Gasteiger partial charge < -0.3 is 4.90 Å². The number of nitrogens with zero attached hydrogens (tertiary/aromatic N) is 3. The number of carbonyl (C=O) groups is 1. The summed E-state index contributed by atoms with van der Waals surface area (Å²) >= 11 is 0. The Morgan fingerprint density at radius 2 is 1.71 bits per heavy atom. The van der Waals surface area contributed by atoms with Gasteiger partial charge in [-0.05, 0) is 67.4 Å². The topological polar surface area (TPSA) is 55.2 Å². The molecule has 38 heavy (non-hydrogen) atoms. The lowest BCUT2D eigenvalue weighted by molar-refractivity contribution is -0.137. The minimum atomic E-state index is -4.45. The Morgan fingerprint density at radius 1 is 1.05 bits per heavy atom. The van der Waals surface area contributed by atoms with Crippen LogP contribution in [-0.4, -0.2) is 26.9 Å². The van der Waals surface area contributed by atoms with Crippen molar-refractivity contribution in [3.63, 3.8) is 0 Å². The molecule has 4 aromatic rings. The van der Waals surface area contributed by atoms with Crippen molar-refractivity contribution < 1.29 is 18.0 Å². The van der Waals surface area contributed by atoms with Crippen LogP contribution < -0.4 is 5.56 Å². The molecular weight excluding hydrogens is 491 g/mol. The number of rotatable bonds is 7. The Labute approximate surface area is 218 Å². The Morgan fingerprint density at radius 3 is 2.32 bits per heavy atom. The molecule has 0 fully saturated rings. The number of hydrogen-bond donors (Lipinski definition) is 0. The van der Waals surface area contributed by atoms with Crippen LogP contribution in [0, 0.1) is 12.3 Å². The van der Waals surface area contributed by atoms with Gasteiger partial charge in [0.15, 0.2) is 0 Å². The number of para-hydroxylation sites is 1. The Hall–Kier alpha value is -4.38. The van der Waals surface area contributed by atoms with Crippen molar-refractivity contribution in [1.82, 2.24) is 14.5 Å². The number of terminal acetylenes is 1. The quantitative estimate of drug-likeness (QED) is 0.286. The standard InChI is InChI=1S/C30H26F3N3O2/c1-4-18-35(27(37)19-22-10-14-23(15-11-22)30(31,32)33)20(3)28-34-26-9-7-6-8-25(26)29(38)36(28)24-16-12-21(5-2)13-17-24/h2,6-17,20H,4,18-19H2,1,3H3/t20-/m1/s1. The van der Waals surface area contributed by atoms with Crippen molar-refractivity contribution in [2.75, 3.05) is 6.54 Å². The number of benzene rings is 3. The molecule has 1 aromatic heterocycles. The zero-order valence-corrected chi connectivity index (χ0v) is 21.0. The molecule has 0 aliphatic heterocycles. The maximum atomic E-state index is 13.7. The maximum absolute atomic E-state index is 13.7. The highest BCUT2D eigenvalue weighted by atomic mass is 19.4. The molecule has 0 aliphatic carbocycles. The molecule has 5 nitrogen and oxygen atoms in total.